The lowest BCUT2D eigenvalue weighted by molar-refractivity contribution is 0.0533. The average molecular weight is 430 g/mol. The van der Waals surface area contributed by atoms with Gasteiger partial charge in [-0.3, -0.25) is 19.6 Å². The van der Waals surface area contributed by atoms with Crippen molar-refractivity contribution >= 4 is 11.8 Å². The molecule has 0 spiro atoms. The SMILES string of the molecule is O=C(c1ccncc1)N1CC[C@@H]2[C@H](C1)[C@@H](c1ccc(F)cc1)CN2C(=O)c1cccnc1. The van der Waals surface area contributed by atoms with Gasteiger partial charge in [-0.2, -0.15) is 0 Å². The van der Waals surface area contributed by atoms with Crippen LogP contribution in [-0.4, -0.2) is 57.3 Å². The van der Waals surface area contributed by atoms with Gasteiger partial charge in [-0.05, 0) is 48.4 Å². The third-order valence-corrected chi connectivity index (χ3v) is 6.61. The Hall–Kier alpha value is -3.61. The second-order valence-corrected chi connectivity index (χ2v) is 8.36. The number of benzene rings is 1. The van der Waals surface area contributed by atoms with Gasteiger partial charge in [0.2, 0.25) is 0 Å². The van der Waals surface area contributed by atoms with Crippen molar-refractivity contribution in [2.75, 3.05) is 19.6 Å². The summed E-state index contributed by atoms with van der Waals surface area (Å²) < 4.78 is 13.6. The Morgan fingerprint density at radius 1 is 0.875 bits per heavy atom. The average Bonchev–Trinajstić information content (AvgIpc) is 3.23. The first-order valence-corrected chi connectivity index (χ1v) is 10.8. The zero-order valence-electron chi connectivity index (χ0n) is 17.5. The van der Waals surface area contributed by atoms with Crippen LogP contribution in [0.4, 0.5) is 4.39 Å². The van der Waals surface area contributed by atoms with Crippen LogP contribution in [0.3, 0.4) is 0 Å². The second-order valence-electron chi connectivity index (χ2n) is 8.36. The van der Waals surface area contributed by atoms with Crippen LogP contribution in [0.1, 0.15) is 38.6 Å². The van der Waals surface area contributed by atoms with Gasteiger partial charge in [0.25, 0.3) is 11.8 Å². The molecule has 2 fully saturated rings. The van der Waals surface area contributed by atoms with Crippen LogP contribution in [0.5, 0.6) is 0 Å². The molecule has 5 rings (SSSR count). The first kappa shape index (κ1) is 20.3. The number of carbonyl (C=O) groups excluding carboxylic acids is 2. The smallest absolute Gasteiger partial charge is 0.255 e. The van der Waals surface area contributed by atoms with E-state index in [1.54, 1.807) is 61.2 Å². The number of aromatic nitrogens is 2. The molecule has 2 aliphatic heterocycles. The fraction of sp³-hybridized carbons (Fsp3) is 0.280. The Labute approximate surface area is 185 Å². The van der Waals surface area contributed by atoms with Crippen molar-refractivity contribution in [3.05, 3.63) is 95.8 Å². The molecule has 2 aliphatic rings. The third-order valence-electron chi connectivity index (χ3n) is 6.61. The Balaban J connectivity index is 1.44. The zero-order chi connectivity index (χ0) is 22.1. The van der Waals surface area contributed by atoms with Gasteiger partial charge >= 0.3 is 0 Å². The van der Waals surface area contributed by atoms with Gasteiger partial charge in [0.1, 0.15) is 5.82 Å². The summed E-state index contributed by atoms with van der Waals surface area (Å²) in [7, 11) is 0. The molecule has 4 heterocycles. The predicted octanol–water partition coefficient (Wildman–Crippen LogP) is 3.39. The van der Waals surface area contributed by atoms with Crippen LogP contribution >= 0.6 is 0 Å². The molecule has 32 heavy (non-hydrogen) atoms. The summed E-state index contributed by atoms with van der Waals surface area (Å²) in [6.45, 7) is 1.66. The summed E-state index contributed by atoms with van der Waals surface area (Å²) in [5.74, 6) is -0.271. The van der Waals surface area contributed by atoms with Gasteiger partial charge in [-0.1, -0.05) is 12.1 Å². The summed E-state index contributed by atoms with van der Waals surface area (Å²) in [6.07, 6.45) is 7.17. The molecule has 0 saturated carbocycles. The number of carbonyl (C=O) groups is 2. The maximum atomic E-state index is 13.6. The van der Waals surface area contributed by atoms with E-state index in [9.17, 15) is 14.0 Å². The lowest BCUT2D eigenvalue weighted by Gasteiger charge is -2.39. The van der Waals surface area contributed by atoms with Crippen molar-refractivity contribution in [3.8, 4) is 0 Å². The lowest BCUT2D eigenvalue weighted by Crippen LogP contribution is -2.49. The molecule has 6 nitrogen and oxygen atoms in total. The summed E-state index contributed by atoms with van der Waals surface area (Å²) in [4.78, 5) is 38.2. The van der Waals surface area contributed by atoms with Crippen molar-refractivity contribution in [2.45, 2.75) is 18.4 Å². The third kappa shape index (κ3) is 3.75. The Kier molecular flexibility index (Phi) is 5.39. The molecular formula is C25H23FN4O2. The minimum Gasteiger partial charge on any atom is -0.338 e. The fourth-order valence-corrected chi connectivity index (χ4v) is 5.05. The molecule has 3 atom stereocenters. The highest BCUT2D eigenvalue weighted by atomic mass is 19.1. The molecule has 0 N–H and O–H groups in total. The van der Waals surface area contributed by atoms with Crippen LogP contribution in [0.2, 0.25) is 0 Å². The van der Waals surface area contributed by atoms with Crippen LogP contribution in [0.25, 0.3) is 0 Å². The normalized spacial score (nSPS) is 22.5. The monoisotopic (exact) mass is 430 g/mol. The molecule has 3 aromatic rings. The van der Waals surface area contributed by atoms with E-state index in [0.717, 1.165) is 5.56 Å². The molecule has 7 heteroatoms. The Morgan fingerprint density at radius 2 is 1.66 bits per heavy atom. The first-order valence-electron chi connectivity index (χ1n) is 10.8. The van der Waals surface area contributed by atoms with Gasteiger partial charge in [-0.25, -0.2) is 4.39 Å². The standard InChI is InChI=1S/C25H23FN4O2/c26-20-5-3-17(4-6-20)21-16-30(25(32)19-2-1-10-28-14-19)23-9-13-29(15-22(21)23)24(31)18-7-11-27-12-8-18/h1-8,10-12,14,21-23H,9,13,15-16H2/t21-,22-,23-/m1/s1. The molecule has 0 bridgehead atoms. The van der Waals surface area contributed by atoms with Crippen LogP contribution in [0, 0.1) is 11.7 Å². The van der Waals surface area contributed by atoms with Gasteiger partial charge in [0.05, 0.1) is 5.56 Å². The minimum atomic E-state index is -0.287. The molecule has 2 saturated heterocycles. The van der Waals surface area contributed by atoms with E-state index in [1.165, 1.54) is 12.1 Å². The highest BCUT2D eigenvalue weighted by Gasteiger charge is 2.47. The topological polar surface area (TPSA) is 66.4 Å². The van der Waals surface area contributed by atoms with Gasteiger partial charge < -0.3 is 9.80 Å². The summed E-state index contributed by atoms with van der Waals surface area (Å²) >= 11 is 0. The fourth-order valence-electron chi connectivity index (χ4n) is 5.05. The van der Waals surface area contributed by atoms with Crippen molar-refractivity contribution in [3.63, 3.8) is 0 Å². The highest BCUT2D eigenvalue weighted by molar-refractivity contribution is 5.95. The Morgan fingerprint density at radius 3 is 2.38 bits per heavy atom. The number of halogens is 1. The molecule has 162 valence electrons. The number of pyridine rings is 2. The van der Waals surface area contributed by atoms with Crippen LogP contribution < -0.4 is 0 Å². The lowest BCUT2D eigenvalue weighted by atomic mass is 9.81. The van der Waals surface area contributed by atoms with Crippen molar-refractivity contribution in [2.24, 2.45) is 5.92 Å². The number of fused-ring (bicyclic) bond motifs is 1. The number of amides is 2. The van der Waals surface area contributed by atoms with Gasteiger partial charge in [0, 0.05) is 67.9 Å². The molecular weight excluding hydrogens is 407 g/mol. The summed E-state index contributed by atoms with van der Waals surface area (Å²) in [5.41, 5.74) is 2.15. The first-order chi connectivity index (χ1) is 15.6. The minimum absolute atomic E-state index is 0.0132. The maximum Gasteiger partial charge on any atom is 0.255 e. The van der Waals surface area contributed by atoms with E-state index in [2.05, 4.69) is 9.97 Å². The summed E-state index contributed by atoms with van der Waals surface area (Å²) in [6, 6.07) is 13.5. The largest absolute Gasteiger partial charge is 0.338 e. The summed E-state index contributed by atoms with van der Waals surface area (Å²) in [5, 5.41) is 0. The van der Waals surface area contributed by atoms with E-state index in [4.69, 9.17) is 0 Å². The van der Waals surface area contributed by atoms with E-state index < -0.39 is 0 Å². The van der Waals surface area contributed by atoms with Crippen LogP contribution in [-0.2, 0) is 0 Å². The Bertz CT molecular complexity index is 1110. The molecule has 1 aromatic carbocycles. The highest BCUT2D eigenvalue weighted by Crippen LogP contribution is 2.42. The van der Waals surface area contributed by atoms with E-state index >= 15 is 0 Å². The van der Waals surface area contributed by atoms with Crippen molar-refractivity contribution in [1.29, 1.82) is 0 Å². The van der Waals surface area contributed by atoms with E-state index in [1.807, 2.05) is 9.80 Å². The number of nitrogens with zero attached hydrogens (tertiary/aromatic N) is 4. The number of hydrogen-bond acceptors (Lipinski definition) is 4. The number of piperidine rings is 1. The van der Waals surface area contributed by atoms with Gasteiger partial charge in [-0.15, -0.1) is 0 Å². The van der Waals surface area contributed by atoms with Gasteiger partial charge in [0.15, 0.2) is 0 Å². The molecule has 0 aliphatic carbocycles. The van der Waals surface area contributed by atoms with E-state index in [0.29, 0.717) is 37.2 Å². The zero-order valence-corrected chi connectivity index (χ0v) is 17.5. The van der Waals surface area contributed by atoms with Crippen molar-refractivity contribution < 1.29 is 14.0 Å². The molecule has 2 aromatic heterocycles. The van der Waals surface area contributed by atoms with E-state index in [-0.39, 0.29) is 35.5 Å². The molecule has 2 amide bonds. The molecule has 0 radical (unpaired) electrons. The maximum absolute atomic E-state index is 13.6. The van der Waals surface area contributed by atoms with Crippen LogP contribution in [0.15, 0.2) is 73.3 Å². The van der Waals surface area contributed by atoms with Crippen molar-refractivity contribution in [1.82, 2.24) is 19.8 Å². The number of hydrogen-bond donors (Lipinski definition) is 0. The molecule has 0 unspecified atom stereocenters. The second kappa shape index (κ2) is 8.49. The number of likely N-dealkylation sites (tertiary alicyclic amines) is 2. The quantitative estimate of drug-likeness (QED) is 0.639. The predicted molar refractivity (Wildman–Crippen MR) is 116 cm³/mol. The number of rotatable bonds is 3.